The molecule has 1 aliphatic heterocycles. The summed E-state index contributed by atoms with van der Waals surface area (Å²) in [6.07, 6.45) is 5.45. The molecule has 0 bridgehead atoms. The monoisotopic (exact) mass is 224 g/mol. The van der Waals surface area contributed by atoms with Crippen molar-refractivity contribution in [3.8, 4) is 0 Å². The maximum atomic E-state index is 6.13. The molecular formula is C12H17ClN2. The molecule has 2 nitrogen and oxygen atoms in total. The zero-order valence-electron chi connectivity index (χ0n) is 9.12. The SMILES string of the molecule is CCCN1CCCC1c1cccnc1Cl. The quantitative estimate of drug-likeness (QED) is 0.733. The Morgan fingerprint density at radius 3 is 3.20 bits per heavy atom. The van der Waals surface area contributed by atoms with Crippen molar-refractivity contribution in [3.05, 3.63) is 29.0 Å². The number of hydrogen-bond donors (Lipinski definition) is 0. The summed E-state index contributed by atoms with van der Waals surface area (Å²) in [6, 6.07) is 4.57. The van der Waals surface area contributed by atoms with Crippen LogP contribution in [0.2, 0.25) is 5.15 Å². The van der Waals surface area contributed by atoms with Crippen molar-refractivity contribution in [1.29, 1.82) is 0 Å². The Bertz CT molecular complexity index is 327. The fourth-order valence-electron chi connectivity index (χ4n) is 2.38. The van der Waals surface area contributed by atoms with Gasteiger partial charge in [0.25, 0.3) is 0 Å². The molecule has 1 fully saturated rings. The van der Waals surface area contributed by atoms with Crippen molar-refractivity contribution in [1.82, 2.24) is 9.88 Å². The fourth-order valence-corrected chi connectivity index (χ4v) is 2.63. The van der Waals surface area contributed by atoms with Crippen LogP contribution in [0.25, 0.3) is 0 Å². The molecule has 3 heteroatoms. The molecule has 1 aromatic rings. The molecule has 15 heavy (non-hydrogen) atoms. The molecule has 2 heterocycles. The molecule has 0 aliphatic carbocycles. The summed E-state index contributed by atoms with van der Waals surface area (Å²) in [6.45, 7) is 4.58. The minimum Gasteiger partial charge on any atom is -0.296 e. The van der Waals surface area contributed by atoms with E-state index in [1.807, 2.05) is 6.07 Å². The highest BCUT2D eigenvalue weighted by Crippen LogP contribution is 2.34. The van der Waals surface area contributed by atoms with Crippen molar-refractivity contribution in [2.45, 2.75) is 32.2 Å². The highest BCUT2D eigenvalue weighted by molar-refractivity contribution is 6.30. The Morgan fingerprint density at radius 1 is 1.60 bits per heavy atom. The fraction of sp³-hybridized carbons (Fsp3) is 0.583. The second-order valence-corrected chi connectivity index (χ2v) is 4.44. The van der Waals surface area contributed by atoms with Gasteiger partial charge in [0.05, 0.1) is 0 Å². The first-order chi connectivity index (χ1) is 7.33. The van der Waals surface area contributed by atoms with Gasteiger partial charge in [0.15, 0.2) is 0 Å². The molecular weight excluding hydrogens is 208 g/mol. The molecule has 1 aromatic heterocycles. The van der Waals surface area contributed by atoms with Gasteiger partial charge in [0, 0.05) is 17.8 Å². The Kier molecular flexibility index (Phi) is 3.60. The van der Waals surface area contributed by atoms with Crippen LogP contribution in [-0.2, 0) is 0 Å². The Labute approximate surface area is 96.3 Å². The van der Waals surface area contributed by atoms with E-state index in [9.17, 15) is 0 Å². The van der Waals surface area contributed by atoms with Crippen LogP contribution in [0.3, 0.4) is 0 Å². The smallest absolute Gasteiger partial charge is 0.133 e. The van der Waals surface area contributed by atoms with Crippen LogP contribution >= 0.6 is 11.6 Å². The highest BCUT2D eigenvalue weighted by Gasteiger charge is 2.26. The molecule has 0 N–H and O–H groups in total. The average Bonchev–Trinajstić information content (AvgIpc) is 2.67. The van der Waals surface area contributed by atoms with Crippen LogP contribution in [0.1, 0.15) is 37.8 Å². The summed E-state index contributed by atoms with van der Waals surface area (Å²) in [5.41, 5.74) is 1.20. The third-order valence-electron chi connectivity index (χ3n) is 3.02. The first-order valence-electron chi connectivity index (χ1n) is 5.67. The van der Waals surface area contributed by atoms with Crippen LogP contribution < -0.4 is 0 Å². The molecule has 0 amide bonds. The van der Waals surface area contributed by atoms with Crippen molar-refractivity contribution < 1.29 is 0 Å². The number of aromatic nitrogens is 1. The van der Waals surface area contributed by atoms with E-state index in [0.29, 0.717) is 11.2 Å². The minimum atomic E-state index is 0.492. The molecule has 0 spiro atoms. The van der Waals surface area contributed by atoms with Gasteiger partial charge in [-0.2, -0.15) is 0 Å². The summed E-state index contributed by atoms with van der Waals surface area (Å²) < 4.78 is 0. The standard InChI is InChI=1S/C12H17ClN2/c1-2-8-15-9-4-6-11(15)10-5-3-7-14-12(10)13/h3,5,7,11H,2,4,6,8-9H2,1H3. The summed E-state index contributed by atoms with van der Waals surface area (Å²) in [4.78, 5) is 6.67. The Morgan fingerprint density at radius 2 is 2.47 bits per heavy atom. The topological polar surface area (TPSA) is 16.1 Å². The van der Waals surface area contributed by atoms with Gasteiger partial charge < -0.3 is 0 Å². The van der Waals surface area contributed by atoms with Gasteiger partial charge in [-0.1, -0.05) is 24.6 Å². The van der Waals surface area contributed by atoms with Crippen molar-refractivity contribution in [3.63, 3.8) is 0 Å². The minimum absolute atomic E-state index is 0.492. The Balaban J connectivity index is 2.19. The van der Waals surface area contributed by atoms with Gasteiger partial charge in [-0.15, -0.1) is 0 Å². The zero-order chi connectivity index (χ0) is 10.7. The first-order valence-corrected chi connectivity index (χ1v) is 6.05. The third kappa shape index (κ3) is 2.32. The lowest BCUT2D eigenvalue weighted by Gasteiger charge is -2.24. The normalized spacial score (nSPS) is 22.1. The molecule has 1 atom stereocenters. The predicted octanol–water partition coefficient (Wildman–Crippen LogP) is 3.28. The van der Waals surface area contributed by atoms with E-state index >= 15 is 0 Å². The van der Waals surface area contributed by atoms with Crippen molar-refractivity contribution in [2.24, 2.45) is 0 Å². The summed E-state index contributed by atoms with van der Waals surface area (Å²) in [5, 5.41) is 0.672. The van der Waals surface area contributed by atoms with Crippen molar-refractivity contribution in [2.75, 3.05) is 13.1 Å². The van der Waals surface area contributed by atoms with E-state index in [0.717, 1.165) is 6.54 Å². The third-order valence-corrected chi connectivity index (χ3v) is 3.34. The van der Waals surface area contributed by atoms with E-state index < -0.39 is 0 Å². The predicted molar refractivity (Wildman–Crippen MR) is 63.1 cm³/mol. The maximum absolute atomic E-state index is 6.13. The number of pyridine rings is 1. The number of nitrogens with zero attached hydrogens (tertiary/aromatic N) is 2. The number of rotatable bonds is 3. The van der Waals surface area contributed by atoms with E-state index in [4.69, 9.17) is 11.6 Å². The van der Waals surface area contributed by atoms with Gasteiger partial charge in [-0.3, -0.25) is 4.90 Å². The number of likely N-dealkylation sites (tertiary alicyclic amines) is 1. The van der Waals surface area contributed by atoms with Gasteiger partial charge in [-0.25, -0.2) is 4.98 Å². The van der Waals surface area contributed by atoms with E-state index in [1.54, 1.807) is 6.20 Å². The van der Waals surface area contributed by atoms with Gasteiger partial charge >= 0.3 is 0 Å². The Hall–Kier alpha value is -0.600. The average molecular weight is 225 g/mol. The van der Waals surface area contributed by atoms with Crippen LogP contribution in [0, 0.1) is 0 Å². The molecule has 0 aromatic carbocycles. The summed E-state index contributed by atoms with van der Waals surface area (Å²) in [5.74, 6) is 0. The molecule has 1 aliphatic rings. The molecule has 2 rings (SSSR count). The van der Waals surface area contributed by atoms with E-state index in [-0.39, 0.29) is 0 Å². The first kappa shape index (κ1) is 10.9. The largest absolute Gasteiger partial charge is 0.296 e. The maximum Gasteiger partial charge on any atom is 0.133 e. The number of halogens is 1. The van der Waals surface area contributed by atoms with Gasteiger partial charge in [-0.05, 0) is 38.4 Å². The lowest BCUT2D eigenvalue weighted by molar-refractivity contribution is 0.257. The summed E-state index contributed by atoms with van der Waals surface area (Å²) >= 11 is 6.13. The lowest BCUT2D eigenvalue weighted by Crippen LogP contribution is -2.24. The second-order valence-electron chi connectivity index (χ2n) is 4.08. The summed E-state index contributed by atoms with van der Waals surface area (Å²) in [7, 11) is 0. The zero-order valence-corrected chi connectivity index (χ0v) is 9.87. The van der Waals surface area contributed by atoms with Gasteiger partial charge in [0.1, 0.15) is 5.15 Å². The van der Waals surface area contributed by atoms with E-state index in [2.05, 4.69) is 22.9 Å². The molecule has 0 radical (unpaired) electrons. The molecule has 82 valence electrons. The van der Waals surface area contributed by atoms with E-state index in [1.165, 1.54) is 31.4 Å². The van der Waals surface area contributed by atoms with Crippen LogP contribution in [0.15, 0.2) is 18.3 Å². The lowest BCUT2D eigenvalue weighted by atomic mass is 10.1. The molecule has 1 unspecified atom stereocenters. The molecule has 1 saturated heterocycles. The van der Waals surface area contributed by atoms with Crippen molar-refractivity contribution >= 4 is 11.6 Å². The number of hydrogen-bond acceptors (Lipinski definition) is 2. The molecule has 0 saturated carbocycles. The van der Waals surface area contributed by atoms with Crippen LogP contribution in [-0.4, -0.2) is 23.0 Å². The highest BCUT2D eigenvalue weighted by atomic mass is 35.5. The van der Waals surface area contributed by atoms with Gasteiger partial charge in [0.2, 0.25) is 0 Å². The second kappa shape index (κ2) is 4.95. The van der Waals surface area contributed by atoms with Crippen LogP contribution in [0.5, 0.6) is 0 Å². The van der Waals surface area contributed by atoms with Crippen LogP contribution in [0.4, 0.5) is 0 Å².